The van der Waals surface area contributed by atoms with Crippen LogP contribution in [-0.4, -0.2) is 4.98 Å². The maximum Gasteiger partial charge on any atom is 0.248 e. The van der Waals surface area contributed by atoms with Crippen molar-refractivity contribution >= 4 is 11.6 Å². The molecule has 0 atom stereocenters. The molecule has 1 aromatic carbocycles. The molecule has 0 spiro atoms. The van der Waals surface area contributed by atoms with Crippen molar-refractivity contribution in [3.05, 3.63) is 57.3 Å². The molecule has 0 amide bonds. The molecule has 3 heteroatoms. The molecule has 0 radical (unpaired) electrons. The average molecular weight is 220 g/mol. The van der Waals surface area contributed by atoms with E-state index in [0.717, 1.165) is 16.8 Å². The van der Waals surface area contributed by atoms with Gasteiger partial charge in [0.05, 0.1) is 0 Å². The van der Waals surface area contributed by atoms with Gasteiger partial charge in [-0.3, -0.25) is 4.79 Å². The molecule has 0 bridgehead atoms. The highest BCUT2D eigenvalue weighted by Gasteiger charge is 1.99. The van der Waals surface area contributed by atoms with Gasteiger partial charge in [0.25, 0.3) is 0 Å². The SMILES string of the molecule is Cc1cc(-c2ccc(Cl)cc2)[nH]c(=O)c1. The first-order valence-corrected chi connectivity index (χ1v) is 5.00. The minimum atomic E-state index is -0.0834. The minimum Gasteiger partial charge on any atom is -0.322 e. The van der Waals surface area contributed by atoms with Gasteiger partial charge in [-0.05, 0) is 36.2 Å². The molecule has 2 nitrogen and oxygen atoms in total. The van der Waals surface area contributed by atoms with Crippen molar-refractivity contribution < 1.29 is 0 Å². The predicted molar refractivity (Wildman–Crippen MR) is 62.2 cm³/mol. The lowest BCUT2D eigenvalue weighted by atomic mass is 10.1. The van der Waals surface area contributed by atoms with Crippen LogP contribution in [0.15, 0.2) is 41.2 Å². The van der Waals surface area contributed by atoms with Gasteiger partial charge in [-0.2, -0.15) is 0 Å². The predicted octanol–water partition coefficient (Wildman–Crippen LogP) is 3.00. The minimum absolute atomic E-state index is 0.0834. The highest BCUT2D eigenvalue weighted by atomic mass is 35.5. The van der Waals surface area contributed by atoms with Crippen molar-refractivity contribution in [2.45, 2.75) is 6.92 Å². The summed E-state index contributed by atoms with van der Waals surface area (Å²) in [7, 11) is 0. The Morgan fingerprint density at radius 3 is 2.40 bits per heavy atom. The van der Waals surface area contributed by atoms with Gasteiger partial charge in [0.15, 0.2) is 0 Å². The fraction of sp³-hybridized carbons (Fsp3) is 0.0833. The normalized spacial score (nSPS) is 10.3. The number of nitrogens with one attached hydrogen (secondary N) is 1. The first-order valence-electron chi connectivity index (χ1n) is 4.62. The summed E-state index contributed by atoms with van der Waals surface area (Å²) in [4.78, 5) is 14.1. The molecule has 0 aliphatic rings. The summed E-state index contributed by atoms with van der Waals surface area (Å²) in [6.45, 7) is 1.90. The lowest BCUT2D eigenvalue weighted by molar-refractivity contribution is 1.21. The number of rotatable bonds is 1. The van der Waals surface area contributed by atoms with Gasteiger partial charge in [-0.1, -0.05) is 23.7 Å². The zero-order chi connectivity index (χ0) is 10.8. The Morgan fingerprint density at radius 2 is 1.80 bits per heavy atom. The largest absolute Gasteiger partial charge is 0.322 e. The van der Waals surface area contributed by atoms with E-state index in [2.05, 4.69) is 4.98 Å². The van der Waals surface area contributed by atoms with Crippen LogP contribution in [0.5, 0.6) is 0 Å². The van der Waals surface area contributed by atoms with E-state index < -0.39 is 0 Å². The summed E-state index contributed by atoms with van der Waals surface area (Å²) in [5.74, 6) is 0. The Labute approximate surface area is 92.5 Å². The van der Waals surface area contributed by atoms with E-state index in [0.29, 0.717) is 5.02 Å². The van der Waals surface area contributed by atoms with Crippen LogP contribution < -0.4 is 5.56 Å². The van der Waals surface area contributed by atoms with Crippen LogP contribution in [0, 0.1) is 6.92 Å². The van der Waals surface area contributed by atoms with Crippen molar-refractivity contribution in [1.29, 1.82) is 0 Å². The number of aromatic amines is 1. The van der Waals surface area contributed by atoms with Crippen LogP contribution in [-0.2, 0) is 0 Å². The molecule has 1 heterocycles. The summed E-state index contributed by atoms with van der Waals surface area (Å²) in [6.07, 6.45) is 0. The molecule has 15 heavy (non-hydrogen) atoms. The van der Waals surface area contributed by atoms with Crippen molar-refractivity contribution in [1.82, 2.24) is 4.98 Å². The summed E-state index contributed by atoms with van der Waals surface area (Å²) in [5, 5.41) is 0.689. The molecule has 0 unspecified atom stereocenters. The van der Waals surface area contributed by atoms with E-state index in [1.807, 2.05) is 25.1 Å². The number of H-pyrrole nitrogens is 1. The first kappa shape index (κ1) is 9.99. The number of hydrogen-bond donors (Lipinski definition) is 1. The highest BCUT2D eigenvalue weighted by molar-refractivity contribution is 6.30. The second-order valence-corrected chi connectivity index (χ2v) is 3.88. The molecule has 1 N–H and O–H groups in total. The molecule has 0 aliphatic heterocycles. The second-order valence-electron chi connectivity index (χ2n) is 3.44. The zero-order valence-electron chi connectivity index (χ0n) is 8.25. The summed E-state index contributed by atoms with van der Waals surface area (Å²) in [5.41, 5.74) is 2.64. The van der Waals surface area contributed by atoms with Crippen LogP contribution in [0.25, 0.3) is 11.3 Å². The van der Waals surface area contributed by atoms with Crippen molar-refractivity contribution in [2.24, 2.45) is 0 Å². The van der Waals surface area contributed by atoms with Crippen molar-refractivity contribution in [3.8, 4) is 11.3 Å². The fourth-order valence-electron chi connectivity index (χ4n) is 1.47. The lowest BCUT2D eigenvalue weighted by Gasteiger charge is -2.02. The number of pyridine rings is 1. The summed E-state index contributed by atoms with van der Waals surface area (Å²) in [6, 6.07) is 10.9. The molecule has 1 aromatic heterocycles. The maximum atomic E-state index is 11.3. The van der Waals surface area contributed by atoms with Gasteiger partial charge in [-0.15, -0.1) is 0 Å². The molecule has 0 saturated carbocycles. The molecule has 76 valence electrons. The molecular formula is C12H10ClNO. The number of hydrogen-bond acceptors (Lipinski definition) is 1. The standard InChI is InChI=1S/C12H10ClNO/c1-8-6-11(14-12(15)7-8)9-2-4-10(13)5-3-9/h2-7H,1H3,(H,14,15). The van der Waals surface area contributed by atoms with Crippen LogP contribution in [0.2, 0.25) is 5.02 Å². The number of aromatic nitrogens is 1. The Morgan fingerprint density at radius 1 is 1.13 bits per heavy atom. The molecule has 2 rings (SSSR count). The smallest absolute Gasteiger partial charge is 0.248 e. The van der Waals surface area contributed by atoms with Crippen LogP contribution in [0.1, 0.15) is 5.56 Å². The third kappa shape index (κ3) is 2.28. The van der Waals surface area contributed by atoms with E-state index in [4.69, 9.17) is 11.6 Å². The topological polar surface area (TPSA) is 32.9 Å². The Hall–Kier alpha value is -1.54. The first-order chi connectivity index (χ1) is 7.15. The third-order valence-corrected chi connectivity index (χ3v) is 2.40. The quantitative estimate of drug-likeness (QED) is 0.786. The van der Waals surface area contributed by atoms with Gasteiger partial charge in [-0.25, -0.2) is 0 Å². The molecule has 2 aromatic rings. The summed E-state index contributed by atoms with van der Waals surface area (Å²) >= 11 is 5.79. The monoisotopic (exact) mass is 219 g/mol. The Kier molecular flexibility index (Phi) is 2.60. The van der Waals surface area contributed by atoms with E-state index in [9.17, 15) is 4.79 Å². The second kappa shape index (κ2) is 3.91. The van der Waals surface area contributed by atoms with Gasteiger partial charge in [0, 0.05) is 16.8 Å². The number of aryl methyl sites for hydroxylation is 1. The Bertz CT molecular complexity index is 528. The molecule has 0 fully saturated rings. The van der Waals surface area contributed by atoms with E-state index >= 15 is 0 Å². The van der Waals surface area contributed by atoms with E-state index in [1.165, 1.54) is 0 Å². The third-order valence-electron chi connectivity index (χ3n) is 2.14. The highest BCUT2D eigenvalue weighted by Crippen LogP contribution is 2.19. The van der Waals surface area contributed by atoms with Gasteiger partial charge in [0.1, 0.15) is 0 Å². The van der Waals surface area contributed by atoms with Gasteiger partial charge >= 0.3 is 0 Å². The van der Waals surface area contributed by atoms with Crippen LogP contribution in [0.4, 0.5) is 0 Å². The summed E-state index contributed by atoms with van der Waals surface area (Å²) < 4.78 is 0. The molecule has 0 saturated heterocycles. The molecule has 0 aliphatic carbocycles. The van der Waals surface area contributed by atoms with Crippen LogP contribution in [0.3, 0.4) is 0 Å². The number of halogens is 1. The Balaban J connectivity index is 2.54. The lowest BCUT2D eigenvalue weighted by Crippen LogP contribution is -2.05. The van der Waals surface area contributed by atoms with E-state index in [-0.39, 0.29) is 5.56 Å². The maximum absolute atomic E-state index is 11.3. The average Bonchev–Trinajstić information content (AvgIpc) is 2.17. The van der Waals surface area contributed by atoms with Crippen molar-refractivity contribution in [3.63, 3.8) is 0 Å². The van der Waals surface area contributed by atoms with Crippen LogP contribution >= 0.6 is 11.6 Å². The zero-order valence-corrected chi connectivity index (χ0v) is 9.01. The van der Waals surface area contributed by atoms with Gasteiger partial charge in [0.2, 0.25) is 5.56 Å². The molecular weight excluding hydrogens is 210 g/mol. The fourth-order valence-corrected chi connectivity index (χ4v) is 1.59. The van der Waals surface area contributed by atoms with Gasteiger partial charge < -0.3 is 4.98 Å². The number of benzene rings is 1. The van der Waals surface area contributed by atoms with Crippen molar-refractivity contribution in [2.75, 3.05) is 0 Å². The van der Waals surface area contributed by atoms with E-state index in [1.54, 1.807) is 18.2 Å².